The van der Waals surface area contributed by atoms with Gasteiger partial charge in [0, 0.05) is 4.88 Å². The molecule has 0 unspecified atom stereocenters. The summed E-state index contributed by atoms with van der Waals surface area (Å²) in [6.07, 6.45) is 0.695. The molecule has 1 amide bonds. The third kappa shape index (κ3) is 3.61. The van der Waals surface area contributed by atoms with Crippen LogP contribution in [0.15, 0.2) is 22.0 Å². The Balaban J connectivity index is 2.09. The number of nitrogens with zero attached hydrogens (tertiary/aromatic N) is 2. The smallest absolute Gasteiger partial charge is 0.253 e. The predicted molar refractivity (Wildman–Crippen MR) is 79.3 cm³/mol. The van der Waals surface area contributed by atoms with E-state index in [0.29, 0.717) is 18.5 Å². The van der Waals surface area contributed by atoms with E-state index in [1.54, 1.807) is 17.4 Å². The molecule has 1 N–H and O–H groups in total. The SMILES string of the molecule is CCc1nnc(C)cc1C(=O)NCc1ccc(Br)s1. The fourth-order valence-electron chi connectivity index (χ4n) is 1.68. The van der Waals surface area contributed by atoms with Gasteiger partial charge in [0.25, 0.3) is 5.91 Å². The van der Waals surface area contributed by atoms with E-state index in [2.05, 4.69) is 31.4 Å². The number of aryl methyl sites for hydroxylation is 2. The number of rotatable bonds is 4. The number of carbonyl (C=O) groups is 1. The van der Waals surface area contributed by atoms with E-state index in [0.717, 1.165) is 20.1 Å². The van der Waals surface area contributed by atoms with E-state index in [-0.39, 0.29) is 5.91 Å². The highest BCUT2D eigenvalue weighted by Crippen LogP contribution is 2.21. The summed E-state index contributed by atoms with van der Waals surface area (Å²) >= 11 is 5.02. The van der Waals surface area contributed by atoms with E-state index in [1.165, 1.54) is 0 Å². The molecule has 2 rings (SSSR count). The average molecular weight is 340 g/mol. The summed E-state index contributed by atoms with van der Waals surface area (Å²) in [5, 5.41) is 11.0. The monoisotopic (exact) mass is 339 g/mol. The van der Waals surface area contributed by atoms with E-state index in [9.17, 15) is 4.79 Å². The van der Waals surface area contributed by atoms with Crippen molar-refractivity contribution in [3.05, 3.63) is 43.8 Å². The summed E-state index contributed by atoms with van der Waals surface area (Å²) in [6.45, 7) is 4.33. The molecule has 0 saturated carbocycles. The number of thiophene rings is 1. The minimum Gasteiger partial charge on any atom is -0.347 e. The normalized spacial score (nSPS) is 10.5. The second-order valence-electron chi connectivity index (χ2n) is 4.09. The van der Waals surface area contributed by atoms with Crippen molar-refractivity contribution < 1.29 is 4.79 Å². The Morgan fingerprint density at radius 2 is 2.21 bits per heavy atom. The van der Waals surface area contributed by atoms with Gasteiger partial charge < -0.3 is 5.32 Å². The van der Waals surface area contributed by atoms with Gasteiger partial charge in [0.05, 0.1) is 27.3 Å². The van der Waals surface area contributed by atoms with E-state index < -0.39 is 0 Å². The maximum absolute atomic E-state index is 12.2. The van der Waals surface area contributed by atoms with Crippen molar-refractivity contribution in [3.8, 4) is 0 Å². The number of halogens is 1. The maximum Gasteiger partial charge on any atom is 0.253 e. The Morgan fingerprint density at radius 1 is 1.42 bits per heavy atom. The zero-order valence-corrected chi connectivity index (χ0v) is 13.1. The van der Waals surface area contributed by atoms with Crippen molar-refractivity contribution in [3.63, 3.8) is 0 Å². The Bertz CT molecular complexity index is 597. The molecule has 19 heavy (non-hydrogen) atoms. The second kappa shape index (κ2) is 6.25. The minimum absolute atomic E-state index is 0.0978. The second-order valence-corrected chi connectivity index (χ2v) is 6.64. The van der Waals surface area contributed by atoms with Crippen LogP contribution in [0.4, 0.5) is 0 Å². The van der Waals surface area contributed by atoms with Crippen molar-refractivity contribution in [2.45, 2.75) is 26.8 Å². The fraction of sp³-hybridized carbons (Fsp3) is 0.308. The van der Waals surface area contributed by atoms with E-state index in [4.69, 9.17) is 0 Å². The lowest BCUT2D eigenvalue weighted by Gasteiger charge is -2.07. The molecule has 0 saturated heterocycles. The lowest BCUT2D eigenvalue weighted by molar-refractivity contribution is 0.0949. The van der Waals surface area contributed by atoms with Crippen LogP contribution in [-0.2, 0) is 13.0 Å². The van der Waals surface area contributed by atoms with Crippen molar-refractivity contribution in [1.29, 1.82) is 0 Å². The zero-order valence-electron chi connectivity index (χ0n) is 10.7. The summed E-state index contributed by atoms with van der Waals surface area (Å²) in [6, 6.07) is 5.75. The van der Waals surface area contributed by atoms with Gasteiger partial charge in [-0.15, -0.1) is 11.3 Å². The highest BCUT2D eigenvalue weighted by atomic mass is 79.9. The first-order valence-electron chi connectivity index (χ1n) is 5.95. The van der Waals surface area contributed by atoms with Crippen LogP contribution in [0.5, 0.6) is 0 Å². The summed E-state index contributed by atoms with van der Waals surface area (Å²) in [5.41, 5.74) is 2.10. The molecule has 0 fully saturated rings. The molecule has 6 heteroatoms. The first kappa shape index (κ1) is 14.1. The third-order valence-corrected chi connectivity index (χ3v) is 4.25. The predicted octanol–water partition coefficient (Wildman–Crippen LogP) is 3.10. The molecule has 0 radical (unpaired) electrons. The maximum atomic E-state index is 12.2. The highest BCUT2D eigenvalue weighted by Gasteiger charge is 2.12. The molecule has 2 aromatic heterocycles. The summed E-state index contributed by atoms with van der Waals surface area (Å²) in [7, 11) is 0. The van der Waals surface area contributed by atoms with Crippen molar-refractivity contribution in [2.75, 3.05) is 0 Å². The fourth-order valence-corrected chi connectivity index (χ4v) is 3.10. The minimum atomic E-state index is -0.0978. The molecular formula is C13H14BrN3OS. The molecule has 0 spiro atoms. The summed E-state index contributed by atoms with van der Waals surface area (Å²) in [5.74, 6) is -0.0978. The Hall–Kier alpha value is -1.27. The first-order valence-corrected chi connectivity index (χ1v) is 7.56. The molecule has 0 aliphatic heterocycles. The number of hydrogen-bond donors (Lipinski definition) is 1. The molecule has 2 aromatic rings. The van der Waals surface area contributed by atoms with Gasteiger partial charge in [-0.3, -0.25) is 4.79 Å². The molecule has 0 aromatic carbocycles. The van der Waals surface area contributed by atoms with E-state index in [1.807, 2.05) is 26.0 Å². The first-order chi connectivity index (χ1) is 9.10. The standard InChI is InChI=1S/C13H14BrN3OS/c1-3-11-10(6-8(2)16-17-11)13(18)15-7-9-4-5-12(14)19-9/h4-6H,3,7H2,1-2H3,(H,15,18). The van der Waals surface area contributed by atoms with Crippen LogP contribution < -0.4 is 5.32 Å². The summed E-state index contributed by atoms with van der Waals surface area (Å²) < 4.78 is 1.06. The molecule has 100 valence electrons. The van der Waals surface area contributed by atoms with Crippen LogP contribution in [0.1, 0.15) is 33.5 Å². The molecular weight excluding hydrogens is 326 g/mol. The van der Waals surface area contributed by atoms with Crippen LogP contribution in [0.2, 0.25) is 0 Å². The lowest BCUT2D eigenvalue weighted by atomic mass is 10.1. The quantitative estimate of drug-likeness (QED) is 0.931. The number of nitrogens with one attached hydrogen (secondary N) is 1. The molecule has 2 heterocycles. The Labute approximate surface area is 124 Å². The number of amides is 1. The topological polar surface area (TPSA) is 54.9 Å². The van der Waals surface area contributed by atoms with Gasteiger partial charge in [-0.2, -0.15) is 10.2 Å². The molecule has 0 bridgehead atoms. The van der Waals surface area contributed by atoms with Crippen molar-refractivity contribution in [1.82, 2.24) is 15.5 Å². The van der Waals surface area contributed by atoms with Crippen LogP contribution in [0, 0.1) is 6.92 Å². The third-order valence-electron chi connectivity index (χ3n) is 2.62. The Morgan fingerprint density at radius 3 is 2.84 bits per heavy atom. The Kier molecular flexibility index (Phi) is 4.66. The number of hydrogen-bond acceptors (Lipinski definition) is 4. The molecule has 0 aliphatic carbocycles. The largest absolute Gasteiger partial charge is 0.347 e. The van der Waals surface area contributed by atoms with Crippen LogP contribution >= 0.6 is 27.3 Å². The molecule has 0 aliphatic rings. The van der Waals surface area contributed by atoms with Gasteiger partial charge in [0.15, 0.2) is 0 Å². The summed E-state index contributed by atoms with van der Waals surface area (Å²) in [4.78, 5) is 13.3. The molecule has 0 atom stereocenters. The van der Waals surface area contributed by atoms with Gasteiger partial charge in [-0.1, -0.05) is 6.92 Å². The van der Waals surface area contributed by atoms with Crippen molar-refractivity contribution >= 4 is 33.2 Å². The van der Waals surface area contributed by atoms with E-state index >= 15 is 0 Å². The van der Waals surface area contributed by atoms with Gasteiger partial charge in [-0.05, 0) is 47.5 Å². The van der Waals surface area contributed by atoms with Crippen molar-refractivity contribution in [2.24, 2.45) is 0 Å². The van der Waals surface area contributed by atoms with Crippen LogP contribution in [-0.4, -0.2) is 16.1 Å². The lowest BCUT2D eigenvalue weighted by Crippen LogP contribution is -2.24. The van der Waals surface area contributed by atoms with Crippen LogP contribution in [0.25, 0.3) is 0 Å². The molecule has 4 nitrogen and oxygen atoms in total. The van der Waals surface area contributed by atoms with Gasteiger partial charge in [0.2, 0.25) is 0 Å². The highest BCUT2D eigenvalue weighted by molar-refractivity contribution is 9.11. The average Bonchev–Trinajstić information content (AvgIpc) is 2.81. The van der Waals surface area contributed by atoms with Gasteiger partial charge >= 0.3 is 0 Å². The van der Waals surface area contributed by atoms with Gasteiger partial charge in [0.1, 0.15) is 0 Å². The van der Waals surface area contributed by atoms with Gasteiger partial charge in [-0.25, -0.2) is 0 Å². The number of aromatic nitrogens is 2. The zero-order chi connectivity index (χ0) is 13.8. The number of carbonyl (C=O) groups excluding carboxylic acids is 1. The van der Waals surface area contributed by atoms with Crippen LogP contribution in [0.3, 0.4) is 0 Å².